The van der Waals surface area contributed by atoms with Crippen molar-refractivity contribution in [2.24, 2.45) is 5.73 Å². The number of para-hydroxylation sites is 1. The maximum atomic E-state index is 13.7. The van der Waals surface area contributed by atoms with Crippen molar-refractivity contribution in [3.63, 3.8) is 0 Å². The predicted octanol–water partition coefficient (Wildman–Crippen LogP) is 2.22. The average molecular weight is 280 g/mol. The Kier molecular flexibility index (Phi) is 4.95. The Balaban J connectivity index is 2.07. The number of carbonyl (C=O) groups is 1. The highest BCUT2D eigenvalue weighted by atomic mass is 19.1. The summed E-state index contributed by atoms with van der Waals surface area (Å²) in [4.78, 5) is 12.3. The second-order valence-electron chi connectivity index (χ2n) is 5.13. The predicted molar refractivity (Wildman–Crippen MR) is 75.3 cm³/mol. The molecule has 1 aromatic rings. The molecule has 20 heavy (non-hydrogen) atoms. The van der Waals surface area contributed by atoms with Crippen molar-refractivity contribution in [1.29, 1.82) is 0 Å². The molecule has 0 radical (unpaired) electrons. The van der Waals surface area contributed by atoms with Crippen LogP contribution in [0.4, 0.5) is 4.39 Å². The molecule has 0 aliphatic heterocycles. The van der Waals surface area contributed by atoms with Crippen molar-refractivity contribution in [3.05, 3.63) is 29.6 Å². The molecule has 0 spiro atoms. The molecule has 110 valence electrons. The topological polar surface area (TPSA) is 64.3 Å². The Morgan fingerprint density at radius 1 is 1.40 bits per heavy atom. The van der Waals surface area contributed by atoms with Crippen LogP contribution in [0.3, 0.4) is 0 Å². The van der Waals surface area contributed by atoms with Crippen molar-refractivity contribution in [2.75, 3.05) is 6.61 Å². The molecule has 4 nitrogen and oxygen atoms in total. The molecule has 0 atom stereocenters. The van der Waals surface area contributed by atoms with Crippen LogP contribution >= 0.6 is 0 Å². The van der Waals surface area contributed by atoms with Gasteiger partial charge in [-0.25, -0.2) is 4.39 Å². The number of hydrogen-bond acceptors (Lipinski definition) is 3. The largest absolute Gasteiger partial charge is 0.490 e. The van der Waals surface area contributed by atoms with Crippen molar-refractivity contribution < 1.29 is 13.9 Å². The van der Waals surface area contributed by atoms with Gasteiger partial charge in [-0.1, -0.05) is 6.07 Å². The number of benzene rings is 1. The van der Waals surface area contributed by atoms with E-state index in [-0.39, 0.29) is 29.3 Å². The van der Waals surface area contributed by atoms with Crippen molar-refractivity contribution in [3.8, 4) is 5.75 Å². The monoisotopic (exact) mass is 280 g/mol. The zero-order valence-corrected chi connectivity index (χ0v) is 11.7. The second kappa shape index (κ2) is 6.70. The van der Waals surface area contributed by atoms with E-state index in [1.165, 1.54) is 12.1 Å². The highest BCUT2D eigenvalue weighted by Gasteiger charge is 2.23. The molecule has 0 bridgehead atoms. The summed E-state index contributed by atoms with van der Waals surface area (Å²) in [5.41, 5.74) is 6.09. The molecule has 1 aliphatic rings. The van der Waals surface area contributed by atoms with Crippen molar-refractivity contribution in [2.45, 2.75) is 44.7 Å². The van der Waals surface area contributed by atoms with Crippen molar-refractivity contribution >= 4 is 5.91 Å². The van der Waals surface area contributed by atoms with E-state index in [1.807, 2.05) is 0 Å². The summed E-state index contributed by atoms with van der Waals surface area (Å²) in [5.74, 6) is -0.765. The third-order valence-electron chi connectivity index (χ3n) is 3.61. The van der Waals surface area contributed by atoms with Gasteiger partial charge in [0.05, 0.1) is 12.2 Å². The molecule has 0 aromatic heterocycles. The molecule has 0 heterocycles. The fourth-order valence-corrected chi connectivity index (χ4v) is 2.51. The Morgan fingerprint density at radius 3 is 2.75 bits per heavy atom. The minimum absolute atomic E-state index is 0.0278. The Hall–Kier alpha value is -1.62. The van der Waals surface area contributed by atoms with Gasteiger partial charge in [-0.05, 0) is 44.7 Å². The molecule has 3 N–H and O–H groups in total. The SMILES string of the molecule is CCOc1c(F)cccc1C(=O)NC1CCC(N)CC1. The minimum Gasteiger partial charge on any atom is -0.490 e. The Labute approximate surface area is 118 Å². The Bertz CT molecular complexity index is 471. The summed E-state index contributed by atoms with van der Waals surface area (Å²) in [7, 11) is 0. The van der Waals surface area contributed by atoms with E-state index in [0.717, 1.165) is 25.7 Å². The zero-order chi connectivity index (χ0) is 14.5. The number of rotatable bonds is 4. The Morgan fingerprint density at radius 2 is 2.10 bits per heavy atom. The maximum Gasteiger partial charge on any atom is 0.255 e. The van der Waals surface area contributed by atoms with E-state index in [2.05, 4.69) is 5.32 Å². The number of carbonyl (C=O) groups excluding carboxylic acids is 1. The van der Waals surface area contributed by atoms with Gasteiger partial charge in [0.2, 0.25) is 0 Å². The molecule has 1 amide bonds. The van der Waals surface area contributed by atoms with Gasteiger partial charge >= 0.3 is 0 Å². The second-order valence-corrected chi connectivity index (χ2v) is 5.13. The minimum atomic E-state index is -0.509. The van der Waals surface area contributed by atoms with E-state index in [0.29, 0.717) is 6.61 Å². The van der Waals surface area contributed by atoms with E-state index >= 15 is 0 Å². The molecule has 2 rings (SSSR count). The van der Waals surface area contributed by atoms with Crippen LogP contribution < -0.4 is 15.8 Å². The molecule has 1 fully saturated rings. The first-order valence-corrected chi connectivity index (χ1v) is 7.09. The highest BCUT2D eigenvalue weighted by Crippen LogP contribution is 2.24. The van der Waals surface area contributed by atoms with Gasteiger partial charge in [-0.15, -0.1) is 0 Å². The molecule has 0 unspecified atom stereocenters. The van der Waals surface area contributed by atoms with Gasteiger partial charge in [-0.2, -0.15) is 0 Å². The van der Waals surface area contributed by atoms with Crippen LogP contribution in [-0.4, -0.2) is 24.6 Å². The van der Waals surface area contributed by atoms with Crippen LogP contribution in [0.5, 0.6) is 5.75 Å². The highest BCUT2D eigenvalue weighted by molar-refractivity contribution is 5.97. The van der Waals surface area contributed by atoms with Gasteiger partial charge in [-0.3, -0.25) is 4.79 Å². The molecule has 0 saturated heterocycles. The van der Waals surface area contributed by atoms with Crippen LogP contribution in [0.25, 0.3) is 0 Å². The lowest BCUT2D eigenvalue weighted by Crippen LogP contribution is -2.40. The summed E-state index contributed by atoms with van der Waals surface area (Å²) in [6, 6.07) is 4.74. The number of halogens is 1. The number of hydrogen-bond donors (Lipinski definition) is 2. The standard InChI is InChI=1S/C15H21FN2O2/c1-2-20-14-12(4-3-5-13(14)16)15(19)18-11-8-6-10(17)7-9-11/h3-5,10-11H,2,6-9,17H2,1H3,(H,18,19). The van der Waals surface area contributed by atoms with Crippen LogP contribution in [0, 0.1) is 5.82 Å². The molecule has 1 saturated carbocycles. The normalized spacial score (nSPS) is 22.4. The number of amides is 1. The molecule has 1 aliphatic carbocycles. The average Bonchev–Trinajstić information content (AvgIpc) is 2.43. The third-order valence-corrected chi connectivity index (χ3v) is 3.61. The van der Waals surface area contributed by atoms with Crippen LogP contribution in [0.1, 0.15) is 43.0 Å². The van der Waals surface area contributed by atoms with E-state index in [4.69, 9.17) is 10.5 Å². The number of nitrogens with one attached hydrogen (secondary N) is 1. The summed E-state index contributed by atoms with van der Waals surface area (Å²) in [6.07, 6.45) is 3.55. The van der Waals surface area contributed by atoms with Gasteiger partial charge in [0.15, 0.2) is 11.6 Å². The van der Waals surface area contributed by atoms with Crippen LogP contribution in [-0.2, 0) is 0 Å². The lowest BCUT2D eigenvalue weighted by molar-refractivity contribution is 0.0921. The van der Waals surface area contributed by atoms with E-state index < -0.39 is 5.82 Å². The lowest BCUT2D eigenvalue weighted by atomic mass is 9.91. The van der Waals surface area contributed by atoms with Crippen LogP contribution in [0.15, 0.2) is 18.2 Å². The smallest absolute Gasteiger partial charge is 0.255 e. The maximum absolute atomic E-state index is 13.7. The lowest BCUT2D eigenvalue weighted by Gasteiger charge is -2.27. The van der Waals surface area contributed by atoms with Gasteiger partial charge in [0, 0.05) is 12.1 Å². The molecule has 1 aromatic carbocycles. The first kappa shape index (κ1) is 14.8. The first-order chi connectivity index (χ1) is 9.61. The molecular weight excluding hydrogens is 259 g/mol. The summed E-state index contributed by atoms with van der Waals surface area (Å²) >= 11 is 0. The van der Waals surface area contributed by atoms with Crippen molar-refractivity contribution in [1.82, 2.24) is 5.32 Å². The quantitative estimate of drug-likeness (QED) is 0.889. The van der Waals surface area contributed by atoms with Gasteiger partial charge < -0.3 is 15.8 Å². The third kappa shape index (κ3) is 3.48. The number of ether oxygens (including phenoxy) is 1. The molecule has 5 heteroatoms. The van der Waals surface area contributed by atoms with Gasteiger partial charge in [0.25, 0.3) is 5.91 Å². The fraction of sp³-hybridized carbons (Fsp3) is 0.533. The van der Waals surface area contributed by atoms with Crippen LogP contribution in [0.2, 0.25) is 0 Å². The van der Waals surface area contributed by atoms with E-state index in [1.54, 1.807) is 13.0 Å². The van der Waals surface area contributed by atoms with E-state index in [9.17, 15) is 9.18 Å². The molecular formula is C15H21FN2O2. The summed E-state index contributed by atoms with van der Waals surface area (Å²) < 4.78 is 18.9. The number of nitrogens with two attached hydrogens (primary N) is 1. The summed E-state index contributed by atoms with van der Waals surface area (Å²) in [6.45, 7) is 2.08. The van der Waals surface area contributed by atoms with Gasteiger partial charge in [0.1, 0.15) is 0 Å². The fourth-order valence-electron chi connectivity index (χ4n) is 2.51. The summed E-state index contributed by atoms with van der Waals surface area (Å²) in [5, 5.41) is 2.94. The zero-order valence-electron chi connectivity index (χ0n) is 11.7. The first-order valence-electron chi connectivity index (χ1n) is 7.09.